The van der Waals surface area contributed by atoms with Crippen LogP contribution in [0.15, 0.2) is 42.2 Å². The first-order valence-electron chi connectivity index (χ1n) is 8.85. The number of amides is 1. The highest BCUT2D eigenvalue weighted by molar-refractivity contribution is 6.04. The quantitative estimate of drug-likeness (QED) is 0.734. The molecular formula is C20H24N2O4. The number of hydrogen-bond donors (Lipinski definition) is 0. The molecule has 0 fully saturated rings. The van der Waals surface area contributed by atoms with E-state index in [0.717, 1.165) is 13.0 Å². The molecule has 6 nitrogen and oxygen atoms in total. The number of ketones is 1. The molecule has 0 N–H and O–H groups in total. The summed E-state index contributed by atoms with van der Waals surface area (Å²) in [7, 11) is 1.67. The van der Waals surface area contributed by atoms with Crippen LogP contribution in [-0.2, 0) is 4.79 Å². The number of Topliss-reactive ketones (excluding diaryl/α,β-unsaturated/α-hetero) is 1. The van der Waals surface area contributed by atoms with E-state index in [1.165, 1.54) is 4.90 Å². The SMILES string of the molecule is CCCN1C=CCC(C(=O)N(C)[C@H](C)C(=O)c2ccc3c(c2)OCO3)=C1. The van der Waals surface area contributed by atoms with Crippen molar-refractivity contribution in [1.82, 2.24) is 9.80 Å². The number of carbonyl (C=O) groups excluding carboxylic acids is 2. The lowest BCUT2D eigenvalue weighted by atomic mass is 10.0. The van der Waals surface area contributed by atoms with Crippen molar-refractivity contribution in [3.8, 4) is 11.5 Å². The van der Waals surface area contributed by atoms with Gasteiger partial charge in [-0.25, -0.2) is 0 Å². The highest BCUT2D eigenvalue weighted by atomic mass is 16.7. The molecule has 0 saturated heterocycles. The number of hydrogen-bond acceptors (Lipinski definition) is 5. The largest absolute Gasteiger partial charge is 0.454 e. The molecule has 0 bridgehead atoms. The number of carbonyl (C=O) groups is 2. The van der Waals surface area contributed by atoms with Gasteiger partial charge in [0, 0.05) is 30.9 Å². The van der Waals surface area contributed by atoms with E-state index in [-0.39, 0.29) is 18.5 Å². The van der Waals surface area contributed by atoms with Crippen molar-refractivity contribution in [2.75, 3.05) is 20.4 Å². The summed E-state index contributed by atoms with van der Waals surface area (Å²) in [5.74, 6) is 0.940. The van der Waals surface area contributed by atoms with Gasteiger partial charge < -0.3 is 19.3 Å². The lowest BCUT2D eigenvalue weighted by molar-refractivity contribution is -0.127. The zero-order valence-corrected chi connectivity index (χ0v) is 15.4. The van der Waals surface area contributed by atoms with Gasteiger partial charge in [-0.05, 0) is 44.2 Å². The van der Waals surface area contributed by atoms with Crippen molar-refractivity contribution in [3.63, 3.8) is 0 Å². The zero-order valence-electron chi connectivity index (χ0n) is 15.4. The van der Waals surface area contributed by atoms with Crippen molar-refractivity contribution in [1.29, 1.82) is 0 Å². The third-order valence-electron chi connectivity index (χ3n) is 4.65. The van der Waals surface area contributed by atoms with Crippen LogP contribution < -0.4 is 9.47 Å². The first kappa shape index (κ1) is 18.0. The Hall–Kier alpha value is -2.76. The second-order valence-corrected chi connectivity index (χ2v) is 6.51. The molecule has 26 heavy (non-hydrogen) atoms. The molecule has 1 atom stereocenters. The molecule has 2 heterocycles. The van der Waals surface area contributed by atoms with Gasteiger partial charge in [0.1, 0.15) is 0 Å². The van der Waals surface area contributed by atoms with E-state index in [1.54, 1.807) is 32.2 Å². The fourth-order valence-electron chi connectivity index (χ4n) is 3.02. The topological polar surface area (TPSA) is 59.1 Å². The Bertz CT molecular complexity index is 769. The van der Waals surface area contributed by atoms with Gasteiger partial charge in [0.05, 0.1) is 6.04 Å². The van der Waals surface area contributed by atoms with E-state index in [9.17, 15) is 9.59 Å². The van der Waals surface area contributed by atoms with Gasteiger partial charge >= 0.3 is 0 Å². The fourth-order valence-corrected chi connectivity index (χ4v) is 3.02. The second-order valence-electron chi connectivity index (χ2n) is 6.51. The van der Waals surface area contributed by atoms with E-state index >= 15 is 0 Å². The molecule has 1 aromatic rings. The molecule has 0 spiro atoms. The second kappa shape index (κ2) is 7.64. The lowest BCUT2D eigenvalue weighted by Gasteiger charge is -2.27. The minimum absolute atomic E-state index is 0.128. The highest BCUT2D eigenvalue weighted by Gasteiger charge is 2.27. The Morgan fingerprint density at radius 3 is 2.81 bits per heavy atom. The smallest absolute Gasteiger partial charge is 0.251 e. The molecule has 6 heteroatoms. The third-order valence-corrected chi connectivity index (χ3v) is 4.65. The molecule has 0 radical (unpaired) electrons. The number of likely N-dealkylation sites (N-methyl/N-ethyl adjacent to an activating group) is 1. The van der Waals surface area contributed by atoms with Gasteiger partial charge in [0.25, 0.3) is 5.91 Å². The maximum atomic E-state index is 12.8. The van der Waals surface area contributed by atoms with Crippen LogP contribution in [0.25, 0.3) is 0 Å². The average Bonchev–Trinajstić information content (AvgIpc) is 3.14. The first-order chi connectivity index (χ1) is 12.5. The lowest BCUT2D eigenvalue weighted by Crippen LogP contribution is -2.41. The van der Waals surface area contributed by atoms with E-state index in [4.69, 9.17) is 9.47 Å². The molecule has 0 aliphatic carbocycles. The molecule has 0 saturated carbocycles. The number of nitrogens with zero attached hydrogens (tertiary/aromatic N) is 2. The number of allylic oxidation sites excluding steroid dienone is 1. The van der Waals surface area contributed by atoms with Crippen LogP contribution in [0, 0.1) is 0 Å². The third kappa shape index (κ3) is 3.59. The van der Waals surface area contributed by atoms with E-state index in [0.29, 0.717) is 29.1 Å². The Kier molecular flexibility index (Phi) is 5.30. The van der Waals surface area contributed by atoms with Gasteiger partial charge in [-0.15, -0.1) is 0 Å². The van der Waals surface area contributed by atoms with Gasteiger partial charge in [-0.2, -0.15) is 0 Å². The molecule has 1 aromatic carbocycles. The van der Waals surface area contributed by atoms with Crippen LogP contribution >= 0.6 is 0 Å². The summed E-state index contributed by atoms with van der Waals surface area (Å²) in [6.45, 7) is 4.86. The Morgan fingerprint density at radius 1 is 1.27 bits per heavy atom. The summed E-state index contributed by atoms with van der Waals surface area (Å²) in [6, 6.07) is 4.53. The predicted molar refractivity (Wildman–Crippen MR) is 98.0 cm³/mol. The van der Waals surface area contributed by atoms with Crippen LogP contribution in [0.4, 0.5) is 0 Å². The molecule has 138 valence electrons. The molecule has 2 aliphatic heterocycles. The maximum absolute atomic E-state index is 12.8. The van der Waals surface area contributed by atoms with Gasteiger partial charge in [0.2, 0.25) is 6.79 Å². The van der Waals surface area contributed by atoms with Gasteiger partial charge in [-0.3, -0.25) is 9.59 Å². The minimum atomic E-state index is -0.575. The van der Waals surface area contributed by atoms with Crippen LogP contribution in [0.3, 0.4) is 0 Å². The normalized spacial score (nSPS) is 16.3. The van der Waals surface area contributed by atoms with E-state index < -0.39 is 6.04 Å². The maximum Gasteiger partial charge on any atom is 0.251 e. The van der Waals surface area contributed by atoms with E-state index in [2.05, 4.69) is 6.92 Å². The summed E-state index contributed by atoms with van der Waals surface area (Å²) in [5, 5.41) is 0. The van der Waals surface area contributed by atoms with Crippen molar-refractivity contribution in [2.45, 2.75) is 32.7 Å². The summed E-state index contributed by atoms with van der Waals surface area (Å²) in [4.78, 5) is 29.1. The van der Waals surface area contributed by atoms with Crippen molar-refractivity contribution in [3.05, 3.63) is 47.8 Å². The number of ether oxygens (including phenoxy) is 2. The summed E-state index contributed by atoms with van der Waals surface area (Å²) >= 11 is 0. The Balaban J connectivity index is 1.71. The van der Waals surface area contributed by atoms with Crippen LogP contribution in [-0.4, -0.2) is 47.9 Å². The molecule has 1 amide bonds. The minimum Gasteiger partial charge on any atom is -0.454 e. The predicted octanol–water partition coefficient (Wildman–Crippen LogP) is 2.96. The van der Waals surface area contributed by atoms with Crippen molar-refractivity contribution < 1.29 is 19.1 Å². The summed E-state index contributed by atoms with van der Waals surface area (Å²) in [5.41, 5.74) is 1.19. The van der Waals surface area contributed by atoms with E-state index in [1.807, 2.05) is 23.4 Å². The van der Waals surface area contributed by atoms with Crippen molar-refractivity contribution >= 4 is 11.7 Å². The molecule has 0 aromatic heterocycles. The van der Waals surface area contributed by atoms with Crippen LogP contribution in [0.2, 0.25) is 0 Å². The average molecular weight is 356 g/mol. The van der Waals surface area contributed by atoms with Crippen LogP contribution in [0.1, 0.15) is 37.0 Å². The molecule has 0 unspecified atom stereocenters. The monoisotopic (exact) mass is 356 g/mol. The Morgan fingerprint density at radius 2 is 2.04 bits per heavy atom. The molecule has 3 rings (SSSR count). The number of fused-ring (bicyclic) bond motifs is 1. The standard InChI is InChI=1S/C20H24N2O4/c1-4-9-22-10-5-6-16(12-22)20(24)21(3)14(2)19(23)15-7-8-17-18(11-15)26-13-25-17/h5,7-8,10-12,14H,4,6,9,13H2,1-3H3/t14-/m1/s1. The van der Waals surface area contributed by atoms with Crippen LogP contribution in [0.5, 0.6) is 11.5 Å². The van der Waals surface area contributed by atoms with Gasteiger partial charge in [-0.1, -0.05) is 13.0 Å². The summed E-state index contributed by atoms with van der Waals surface area (Å²) in [6.07, 6.45) is 7.41. The molecular weight excluding hydrogens is 332 g/mol. The molecule has 2 aliphatic rings. The number of benzene rings is 1. The Labute approximate surface area is 153 Å². The van der Waals surface area contributed by atoms with Crippen molar-refractivity contribution in [2.24, 2.45) is 0 Å². The first-order valence-corrected chi connectivity index (χ1v) is 8.85. The van der Waals surface area contributed by atoms with Gasteiger partial charge in [0.15, 0.2) is 17.3 Å². The number of rotatable bonds is 6. The highest BCUT2D eigenvalue weighted by Crippen LogP contribution is 2.33. The zero-order chi connectivity index (χ0) is 18.7. The summed E-state index contributed by atoms with van der Waals surface area (Å²) < 4.78 is 10.6. The fraction of sp³-hybridized carbons (Fsp3) is 0.400.